The molecule has 0 aromatic carbocycles. The molecule has 16 heavy (non-hydrogen) atoms. The Kier molecular flexibility index (Phi) is 4.03. The summed E-state index contributed by atoms with van der Waals surface area (Å²) < 4.78 is 3.27. The topological polar surface area (TPSA) is 29.9 Å². The fraction of sp³-hybridized carbons (Fsp3) is 0.750. The third kappa shape index (κ3) is 2.33. The highest BCUT2D eigenvalue weighted by Gasteiger charge is 2.22. The predicted octanol–water partition coefficient (Wildman–Crippen LogP) is 2.95. The lowest BCUT2D eigenvalue weighted by atomic mass is 9.89. The van der Waals surface area contributed by atoms with E-state index in [-0.39, 0.29) is 0 Å². The van der Waals surface area contributed by atoms with Crippen LogP contribution >= 0.6 is 15.9 Å². The van der Waals surface area contributed by atoms with Gasteiger partial charge in [0.05, 0.1) is 5.69 Å². The second kappa shape index (κ2) is 5.32. The number of nitrogens with one attached hydrogen (secondary N) is 1. The minimum Gasteiger partial charge on any atom is -0.333 e. The molecular weight excluding hydrogens is 266 g/mol. The van der Waals surface area contributed by atoms with Gasteiger partial charge in [-0.15, -0.1) is 0 Å². The molecule has 4 heteroatoms. The van der Waals surface area contributed by atoms with E-state index in [1.54, 1.807) is 0 Å². The Bertz CT molecular complexity index is 353. The molecule has 0 aliphatic heterocycles. The van der Waals surface area contributed by atoms with Gasteiger partial charge in [-0.3, -0.25) is 0 Å². The van der Waals surface area contributed by atoms with Crippen LogP contribution in [0.1, 0.15) is 49.5 Å². The minimum absolute atomic E-state index is 0.667. The van der Waals surface area contributed by atoms with E-state index >= 15 is 0 Å². The first-order valence-corrected chi connectivity index (χ1v) is 6.89. The number of rotatable bonds is 3. The number of nitrogens with zero attached hydrogens (tertiary/aromatic N) is 2. The molecule has 0 atom stereocenters. The van der Waals surface area contributed by atoms with Crippen molar-refractivity contribution in [2.45, 2.75) is 44.6 Å². The zero-order chi connectivity index (χ0) is 11.5. The molecule has 1 heterocycles. The molecule has 1 N–H and O–H groups in total. The van der Waals surface area contributed by atoms with Crippen molar-refractivity contribution in [3.05, 3.63) is 16.1 Å². The summed E-state index contributed by atoms with van der Waals surface area (Å²) in [5, 5.41) is 3.19. The standard InChI is InChI=1S/C12H20BrN3/c1-14-8-10-11(13)15-12(16(10)2)9-6-4-3-5-7-9/h9,14H,3-8H2,1-2H3. The summed E-state index contributed by atoms with van der Waals surface area (Å²) >= 11 is 3.56. The Hall–Kier alpha value is -0.350. The van der Waals surface area contributed by atoms with E-state index in [9.17, 15) is 0 Å². The van der Waals surface area contributed by atoms with Crippen LogP contribution in [0.25, 0.3) is 0 Å². The van der Waals surface area contributed by atoms with Crippen LogP contribution in [0.4, 0.5) is 0 Å². The monoisotopic (exact) mass is 285 g/mol. The molecule has 1 fully saturated rings. The van der Waals surface area contributed by atoms with E-state index in [0.29, 0.717) is 5.92 Å². The number of hydrogen-bond donors (Lipinski definition) is 1. The van der Waals surface area contributed by atoms with Gasteiger partial charge in [-0.25, -0.2) is 4.98 Å². The van der Waals surface area contributed by atoms with Gasteiger partial charge in [-0.2, -0.15) is 0 Å². The summed E-state index contributed by atoms with van der Waals surface area (Å²) in [5.74, 6) is 1.93. The summed E-state index contributed by atoms with van der Waals surface area (Å²) in [6.45, 7) is 0.872. The molecule has 1 aromatic rings. The molecule has 0 spiro atoms. The van der Waals surface area contributed by atoms with Crippen LogP contribution in [0, 0.1) is 0 Å². The molecule has 3 nitrogen and oxygen atoms in total. The second-order valence-electron chi connectivity index (χ2n) is 4.63. The molecule has 1 aliphatic rings. The molecule has 0 saturated heterocycles. The molecule has 1 saturated carbocycles. The van der Waals surface area contributed by atoms with E-state index in [4.69, 9.17) is 4.98 Å². The molecule has 1 aliphatic carbocycles. The van der Waals surface area contributed by atoms with Crippen LogP contribution < -0.4 is 5.32 Å². The van der Waals surface area contributed by atoms with Crippen molar-refractivity contribution in [2.75, 3.05) is 7.05 Å². The fourth-order valence-electron chi connectivity index (χ4n) is 2.60. The van der Waals surface area contributed by atoms with E-state index in [2.05, 4.69) is 32.9 Å². The van der Waals surface area contributed by atoms with Gasteiger partial charge in [0.2, 0.25) is 0 Å². The normalized spacial score (nSPS) is 17.9. The lowest BCUT2D eigenvalue weighted by Crippen LogP contribution is -2.14. The van der Waals surface area contributed by atoms with Crippen LogP contribution in [0.5, 0.6) is 0 Å². The summed E-state index contributed by atoms with van der Waals surface area (Å²) in [5.41, 5.74) is 1.25. The third-order valence-electron chi connectivity index (χ3n) is 3.51. The highest BCUT2D eigenvalue weighted by molar-refractivity contribution is 9.10. The number of hydrogen-bond acceptors (Lipinski definition) is 2. The summed E-state index contributed by atoms with van der Waals surface area (Å²) in [6.07, 6.45) is 6.71. The average molecular weight is 286 g/mol. The molecule has 0 unspecified atom stereocenters. The molecule has 0 bridgehead atoms. The molecule has 1 aromatic heterocycles. The van der Waals surface area contributed by atoms with Crippen molar-refractivity contribution >= 4 is 15.9 Å². The molecule has 90 valence electrons. The maximum absolute atomic E-state index is 4.69. The maximum Gasteiger partial charge on any atom is 0.128 e. The Labute approximate surface area is 106 Å². The van der Waals surface area contributed by atoms with Crippen molar-refractivity contribution in [1.82, 2.24) is 14.9 Å². The van der Waals surface area contributed by atoms with Gasteiger partial charge >= 0.3 is 0 Å². The predicted molar refractivity (Wildman–Crippen MR) is 69.5 cm³/mol. The Morgan fingerprint density at radius 1 is 1.38 bits per heavy atom. The number of imidazole rings is 1. The van der Waals surface area contributed by atoms with Crippen molar-refractivity contribution < 1.29 is 0 Å². The highest BCUT2D eigenvalue weighted by Crippen LogP contribution is 2.33. The summed E-state index contributed by atoms with van der Waals surface area (Å²) in [6, 6.07) is 0. The zero-order valence-corrected chi connectivity index (χ0v) is 11.7. The van der Waals surface area contributed by atoms with Crippen molar-refractivity contribution in [3.63, 3.8) is 0 Å². The van der Waals surface area contributed by atoms with Gasteiger partial charge in [0.25, 0.3) is 0 Å². The first kappa shape index (κ1) is 12.1. The van der Waals surface area contributed by atoms with E-state index in [1.165, 1.54) is 43.6 Å². The van der Waals surface area contributed by atoms with Crippen LogP contribution in [-0.2, 0) is 13.6 Å². The van der Waals surface area contributed by atoms with Gasteiger partial charge < -0.3 is 9.88 Å². The number of aromatic nitrogens is 2. The van der Waals surface area contributed by atoms with E-state index in [1.807, 2.05) is 7.05 Å². The van der Waals surface area contributed by atoms with Crippen LogP contribution in [0.3, 0.4) is 0 Å². The highest BCUT2D eigenvalue weighted by atomic mass is 79.9. The lowest BCUT2D eigenvalue weighted by molar-refractivity contribution is 0.420. The van der Waals surface area contributed by atoms with Crippen LogP contribution in [0.2, 0.25) is 0 Å². The maximum atomic E-state index is 4.69. The second-order valence-corrected chi connectivity index (χ2v) is 5.38. The number of halogens is 1. The third-order valence-corrected chi connectivity index (χ3v) is 4.15. The van der Waals surface area contributed by atoms with Gasteiger partial charge in [-0.05, 0) is 35.8 Å². The summed E-state index contributed by atoms with van der Waals surface area (Å²) in [4.78, 5) is 4.69. The Morgan fingerprint density at radius 2 is 2.06 bits per heavy atom. The quantitative estimate of drug-likeness (QED) is 0.926. The first-order chi connectivity index (χ1) is 7.74. The van der Waals surface area contributed by atoms with Crippen molar-refractivity contribution in [1.29, 1.82) is 0 Å². The Morgan fingerprint density at radius 3 is 2.69 bits per heavy atom. The van der Waals surface area contributed by atoms with Crippen LogP contribution in [0.15, 0.2) is 4.60 Å². The molecule has 0 radical (unpaired) electrons. The fourth-order valence-corrected chi connectivity index (χ4v) is 3.19. The van der Waals surface area contributed by atoms with Crippen LogP contribution in [-0.4, -0.2) is 16.6 Å². The largest absolute Gasteiger partial charge is 0.333 e. The van der Waals surface area contributed by atoms with Gasteiger partial charge in [0, 0.05) is 19.5 Å². The van der Waals surface area contributed by atoms with Crippen molar-refractivity contribution in [3.8, 4) is 0 Å². The first-order valence-electron chi connectivity index (χ1n) is 6.09. The summed E-state index contributed by atoms with van der Waals surface area (Å²) in [7, 11) is 4.11. The molecule has 2 rings (SSSR count). The van der Waals surface area contributed by atoms with Gasteiger partial charge in [0.1, 0.15) is 10.4 Å². The minimum atomic E-state index is 0.667. The van der Waals surface area contributed by atoms with Gasteiger partial charge in [0.15, 0.2) is 0 Å². The van der Waals surface area contributed by atoms with Gasteiger partial charge in [-0.1, -0.05) is 19.3 Å². The van der Waals surface area contributed by atoms with E-state index < -0.39 is 0 Å². The average Bonchev–Trinajstić information content (AvgIpc) is 2.59. The lowest BCUT2D eigenvalue weighted by Gasteiger charge is -2.21. The smallest absolute Gasteiger partial charge is 0.128 e. The van der Waals surface area contributed by atoms with E-state index in [0.717, 1.165) is 11.1 Å². The zero-order valence-electron chi connectivity index (χ0n) is 10.1. The molecular formula is C12H20BrN3. The SMILES string of the molecule is CNCc1c(Br)nc(C2CCCCC2)n1C. The molecule has 0 amide bonds. The Balaban J connectivity index is 2.23. The van der Waals surface area contributed by atoms with Crippen molar-refractivity contribution in [2.24, 2.45) is 7.05 Å².